The molecule has 0 saturated heterocycles. The molecule has 2 rings (SSSR count). The number of carbonyl (C=O) groups is 1. The molecule has 0 radical (unpaired) electrons. The van der Waals surface area contributed by atoms with Crippen molar-refractivity contribution < 1.29 is 14.3 Å². The highest BCUT2D eigenvalue weighted by molar-refractivity contribution is 5.79. The van der Waals surface area contributed by atoms with E-state index in [1.165, 1.54) is 0 Å². The minimum absolute atomic E-state index is 0.0296. The lowest BCUT2D eigenvalue weighted by Crippen LogP contribution is -2.38. The van der Waals surface area contributed by atoms with E-state index in [4.69, 9.17) is 15.2 Å². The highest BCUT2D eigenvalue weighted by Crippen LogP contribution is 2.30. The number of fused-ring (bicyclic) bond motifs is 1. The highest BCUT2D eigenvalue weighted by Gasteiger charge is 2.25. The summed E-state index contributed by atoms with van der Waals surface area (Å²) in [6.07, 6.45) is 1.48. The fraction of sp³-hybridized carbons (Fsp3) is 0.500. The van der Waals surface area contributed by atoms with E-state index in [1.54, 1.807) is 7.11 Å². The summed E-state index contributed by atoms with van der Waals surface area (Å²) in [6.45, 7) is 1.63. The standard InChI is InChI=1S/C14H20N2O3/c1-18-12-3-4-13-10(8-12)7-11(9-19-13)14(17)16-6-2-5-15/h3-4,8,11H,2,5-7,9,15H2,1H3,(H,16,17). The Morgan fingerprint density at radius 1 is 1.58 bits per heavy atom. The van der Waals surface area contributed by atoms with Crippen molar-refractivity contribution in [2.75, 3.05) is 26.8 Å². The summed E-state index contributed by atoms with van der Waals surface area (Å²) < 4.78 is 10.8. The van der Waals surface area contributed by atoms with Crippen LogP contribution >= 0.6 is 0 Å². The number of methoxy groups -OCH3 is 1. The normalized spacial score (nSPS) is 17.3. The molecule has 0 fully saturated rings. The number of amides is 1. The molecular weight excluding hydrogens is 244 g/mol. The van der Waals surface area contributed by atoms with Gasteiger partial charge >= 0.3 is 0 Å². The van der Waals surface area contributed by atoms with Crippen LogP contribution in [-0.2, 0) is 11.2 Å². The summed E-state index contributed by atoms with van der Waals surface area (Å²) in [5.74, 6) is 1.51. The van der Waals surface area contributed by atoms with Crippen molar-refractivity contribution in [3.8, 4) is 11.5 Å². The maximum absolute atomic E-state index is 12.0. The second-order valence-corrected chi connectivity index (χ2v) is 4.62. The third kappa shape index (κ3) is 3.38. The van der Waals surface area contributed by atoms with Crippen LogP contribution in [0.4, 0.5) is 0 Å². The predicted octanol–water partition coefficient (Wildman–Crippen LogP) is 0.711. The second-order valence-electron chi connectivity index (χ2n) is 4.62. The van der Waals surface area contributed by atoms with Crippen molar-refractivity contribution in [3.05, 3.63) is 23.8 Å². The van der Waals surface area contributed by atoms with Crippen LogP contribution in [0.3, 0.4) is 0 Å². The maximum atomic E-state index is 12.0. The first-order valence-corrected chi connectivity index (χ1v) is 6.52. The molecule has 1 aromatic carbocycles. The summed E-state index contributed by atoms with van der Waals surface area (Å²) in [4.78, 5) is 12.0. The van der Waals surface area contributed by atoms with Crippen molar-refractivity contribution in [2.45, 2.75) is 12.8 Å². The second kappa shape index (κ2) is 6.43. The van der Waals surface area contributed by atoms with E-state index in [0.717, 1.165) is 23.5 Å². The predicted molar refractivity (Wildman–Crippen MR) is 72.4 cm³/mol. The van der Waals surface area contributed by atoms with Gasteiger partial charge in [-0.1, -0.05) is 0 Å². The van der Waals surface area contributed by atoms with Gasteiger partial charge in [0.15, 0.2) is 0 Å². The molecule has 0 spiro atoms. The van der Waals surface area contributed by atoms with Crippen LogP contribution in [0.2, 0.25) is 0 Å². The lowest BCUT2D eigenvalue weighted by Gasteiger charge is -2.25. The van der Waals surface area contributed by atoms with Gasteiger partial charge in [0.05, 0.1) is 13.0 Å². The number of rotatable bonds is 5. The fourth-order valence-electron chi connectivity index (χ4n) is 2.12. The third-order valence-corrected chi connectivity index (χ3v) is 3.22. The first-order chi connectivity index (χ1) is 9.24. The maximum Gasteiger partial charge on any atom is 0.226 e. The summed E-state index contributed by atoms with van der Waals surface area (Å²) >= 11 is 0. The fourth-order valence-corrected chi connectivity index (χ4v) is 2.12. The molecule has 0 saturated carbocycles. The number of nitrogens with two attached hydrogens (primary N) is 1. The van der Waals surface area contributed by atoms with Gasteiger partial charge in [-0.3, -0.25) is 4.79 Å². The van der Waals surface area contributed by atoms with Crippen LogP contribution in [0.1, 0.15) is 12.0 Å². The van der Waals surface area contributed by atoms with Crippen LogP contribution in [0.5, 0.6) is 11.5 Å². The molecule has 0 bridgehead atoms. The van der Waals surface area contributed by atoms with E-state index < -0.39 is 0 Å². The molecule has 1 amide bonds. The summed E-state index contributed by atoms with van der Waals surface area (Å²) in [5, 5.41) is 2.88. The Morgan fingerprint density at radius 3 is 3.16 bits per heavy atom. The molecule has 19 heavy (non-hydrogen) atoms. The quantitative estimate of drug-likeness (QED) is 0.768. The Hall–Kier alpha value is -1.75. The largest absolute Gasteiger partial charge is 0.497 e. The number of hydrogen-bond acceptors (Lipinski definition) is 4. The molecule has 5 nitrogen and oxygen atoms in total. The Balaban J connectivity index is 1.98. The van der Waals surface area contributed by atoms with Crippen molar-refractivity contribution >= 4 is 5.91 Å². The van der Waals surface area contributed by atoms with Gasteiger partial charge in [0.1, 0.15) is 18.1 Å². The van der Waals surface area contributed by atoms with Crippen LogP contribution in [0.15, 0.2) is 18.2 Å². The van der Waals surface area contributed by atoms with E-state index in [2.05, 4.69) is 5.32 Å². The molecule has 104 valence electrons. The Labute approximate surface area is 113 Å². The van der Waals surface area contributed by atoms with E-state index in [1.807, 2.05) is 18.2 Å². The van der Waals surface area contributed by atoms with Crippen LogP contribution < -0.4 is 20.5 Å². The first kappa shape index (κ1) is 13.7. The lowest BCUT2D eigenvalue weighted by atomic mass is 9.96. The third-order valence-electron chi connectivity index (χ3n) is 3.22. The van der Waals surface area contributed by atoms with Crippen molar-refractivity contribution in [3.63, 3.8) is 0 Å². The number of nitrogens with one attached hydrogen (secondary N) is 1. The number of carbonyl (C=O) groups excluding carboxylic acids is 1. The Morgan fingerprint density at radius 2 is 2.42 bits per heavy atom. The van der Waals surface area contributed by atoms with Crippen LogP contribution in [-0.4, -0.2) is 32.7 Å². The van der Waals surface area contributed by atoms with Gasteiger partial charge in [0.2, 0.25) is 5.91 Å². The zero-order valence-corrected chi connectivity index (χ0v) is 11.1. The van der Waals surface area contributed by atoms with Crippen molar-refractivity contribution in [1.82, 2.24) is 5.32 Å². The molecule has 0 aromatic heterocycles. The SMILES string of the molecule is COc1ccc2c(c1)CC(C(=O)NCCCN)CO2. The number of benzene rings is 1. The molecule has 0 aliphatic carbocycles. The topological polar surface area (TPSA) is 73.6 Å². The van der Waals surface area contributed by atoms with Crippen molar-refractivity contribution in [1.29, 1.82) is 0 Å². The van der Waals surface area contributed by atoms with Crippen molar-refractivity contribution in [2.24, 2.45) is 11.7 Å². The summed E-state index contributed by atoms with van der Waals surface area (Å²) in [7, 11) is 1.63. The molecule has 1 atom stereocenters. The minimum Gasteiger partial charge on any atom is -0.497 e. The molecule has 5 heteroatoms. The minimum atomic E-state index is -0.141. The molecule has 1 unspecified atom stereocenters. The number of ether oxygens (including phenoxy) is 2. The average molecular weight is 264 g/mol. The lowest BCUT2D eigenvalue weighted by molar-refractivity contribution is -0.126. The molecule has 3 N–H and O–H groups in total. The van der Waals surface area contributed by atoms with E-state index >= 15 is 0 Å². The van der Waals surface area contributed by atoms with E-state index in [9.17, 15) is 4.79 Å². The molecule has 1 aliphatic rings. The van der Waals surface area contributed by atoms with Gasteiger partial charge in [-0.25, -0.2) is 0 Å². The van der Waals surface area contributed by atoms with Gasteiger partial charge < -0.3 is 20.5 Å². The summed E-state index contributed by atoms with van der Waals surface area (Å²) in [5.41, 5.74) is 6.42. The highest BCUT2D eigenvalue weighted by atomic mass is 16.5. The van der Waals surface area contributed by atoms with E-state index in [-0.39, 0.29) is 11.8 Å². The Kier molecular flexibility index (Phi) is 4.63. The monoisotopic (exact) mass is 264 g/mol. The molecule has 1 aliphatic heterocycles. The van der Waals surface area contributed by atoms with Gasteiger partial charge in [-0.15, -0.1) is 0 Å². The van der Waals surface area contributed by atoms with Crippen LogP contribution in [0.25, 0.3) is 0 Å². The van der Waals surface area contributed by atoms with Gasteiger partial charge in [0, 0.05) is 6.54 Å². The Bertz CT molecular complexity index is 448. The summed E-state index contributed by atoms with van der Waals surface area (Å²) in [6, 6.07) is 5.67. The van der Waals surface area contributed by atoms with Gasteiger partial charge in [-0.05, 0) is 43.1 Å². The van der Waals surface area contributed by atoms with Crippen LogP contribution in [0, 0.1) is 5.92 Å². The van der Waals surface area contributed by atoms with Gasteiger partial charge in [-0.2, -0.15) is 0 Å². The molecule has 1 aromatic rings. The zero-order valence-electron chi connectivity index (χ0n) is 11.1. The van der Waals surface area contributed by atoms with Gasteiger partial charge in [0.25, 0.3) is 0 Å². The number of hydrogen-bond donors (Lipinski definition) is 2. The zero-order chi connectivity index (χ0) is 13.7. The first-order valence-electron chi connectivity index (χ1n) is 6.52. The average Bonchev–Trinajstić information content (AvgIpc) is 2.46. The molecule has 1 heterocycles. The van der Waals surface area contributed by atoms with E-state index in [0.29, 0.717) is 26.1 Å². The molecular formula is C14H20N2O3. The smallest absolute Gasteiger partial charge is 0.226 e.